The Morgan fingerprint density at radius 3 is 2.32 bits per heavy atom. The quantitative estimate of drug-likeness (QED) is 0.705. The van der Waals surface area contributed by atoms with Gasteiger partial charge in [-0.05, 0) is 36.8 Å². The van der Waals surface area contributed by atoms with Crippen LogP contribution in [0, 0.1) is 18.6 Å². The molecule has 28 heavy (non-hydrogen) atoms. The predicted molar refractivity (Wildman–Crippen MR) is 101 cm³/mol. The molecule has 0 fully saturated rings. The zero-order chi connectivity index (χ0) is 20.1. The van der Waals surface area contributed by atoms with Gasteiger partial charge in [0, 0.05) is 18.3 Å². The largest absolute Gasteiger partial charge is 0.348 e. The zero-order valence-electron chi connectivity index (χ0n) is 15.0. The predicted octanol–water partition coefficient (Wildman–Crippen LogP) is 3.85. The van der Waals surface area contributed by atoms with E-state index in [1.165, 1.54) is 24.4 Å². The minimum atomic E-state index is -0.902. The van der Waals surface area contributed by atoms with Crippen molar-refractivity contribution >= 4 is 17.5 Å². The third-order valence-corrected chi connectivity index (χ3v) is 4.03. The van der Waals surface area contributed by atoms with Crippen molar-refractivity contribution in [2.75, 3.05) is 5.32 Å². The summed E-state index contributed by atoms with van der Waals surface area (Å²) < 4.78 is 27.4. The standard InChI is InChI=1S/C21H17F2N3O2/c1-13-5-7-14(8-6-13)12-25-20(27)15-9-10-24-18(11-15)21(28)26-19-16(22)3-2-4-17(19)23/h2-11H,12H2,1H3,(H,25,27)(H,26,28). The van der Waals surface area contributed by atoms with Gasteiger partial charge in [-0.1, -0.05) is 35.9 Å². The zero-order valence-corrected chi connectivity index (χ0v) is 15.0. The number of carbonyl (C=O) groups is 2. The SMILES string of the molecule is Cc1ccc(CNC(=O)c2ccnc(C(=O)Nc3c(F)cccc3F)c2)cc1. The molecule has 0 spiro atoms. The Kier molecular flexibility index (Phi) is 5.74. The summed E-state index contributed by atoms with van der Waals surface area (Å²) in [5.41, 5.74) is 1.56. The van der Waals surface area contributed by atoms with Gasteiger partial charge in [-0.3, -0.25) is 14.6 Å². The van der Waals surface area contributed by atoms with Crippen molar-refractivity contribution in [3.8, 4) is 0 Å². The first-order chi connectivity index (χ1) is 13.4. The van der Waals surface area contributed by atoms with Gasteiger partial charge in [-0.2, -0.15) is 0 Å². The maximum Gasteiger partial charge on any atom is 0.274 e. The molecule has 0 saturated carbocycles. The topological polar surface area (TPSA) is 71.1 Å². The van der Waals surface area contributed by atoms with Gasteiger partial charge in [-0.15, -0.1) is 0 Å². The number of benzene rings is 2. The Morgan fingerprint density at radius 1 is 0.964 bits per heavy atom. The van der Waals surface area contributed by atoms with Gasteiger partial charge in [0.1, 0.15) is 23.0 Å². The van der Waals surface area contributed by atoms with Gasteiger partial charge in [0.05, 0.1) is 0 Å². The van der Waals surface area contributed by atoms with Crippen molar-refractivity contribution in [2.45, 2.75) is 13.5 Å². The second-order valence-electron chi connectivity index (χ2n) is 6.15. The van der Waals surface area contributed by atoms with Crippen molar-refractivity contribution < 1.29 is 18.4 Å². The Balaban J connectivity index is 1.69. The van der Waals surface area contributed by atoms with Crippen LogP contribution in [0.4, 0.5) is 14.5 Å². The Morgan fingerprint density at radius 2 is 1.64 bits per heavy atom. The third-order valence-electron chi connectivity index (χ3n) is 4.03. The van der Waals surface area contributed by atoms with Crippen LogP contribution in [-0.2, 0) is 6.54 Å². The summed E-state index contributed by atoms with van der Waals surface area (Å²) >= 11 is 0. The van der Waals surface area contributed by atoms with Crippen LogP contribution in [0.15, 0.2) is 60.8 Å². The molecule has 0 aliphatic carbocycles. The van der Waals surface area contributed by atoms with Gasteiger partial charge in [0.15, 0.2) is 0 Å². The highest BCUT2D eigenvalue weighted by Gasteiger charge is 2.16. The molecular weight excluding hydrogens is 364 g/mol. The molecule has 0 atom stereocenters. The summed E-state index contributed by atoms with van der Waals surface area (Å²) in [5.74, 6) is -3.02. The first-order valence-electron chi connectivity index (χ1n) is 8.49. The summed E-state index contributed by atoms with van der Waals surface area (Å²) in [6.45, 7) is 2.29. The van der Waals surface area contributed by atoms with E-state index in [2.05, 4.69) is 15.6 Å². The van der Waals surface area contributed by atoms with Gasteiger partial charge in [0.25, 0.3) is 11.8 Å². The van der Waals surface area contributed by atoms with Crippen molar-refractivity contribution in [2.24, 2.45) is 0 Å². The molecule has 5 nitrogen and oxygen atoms in total. The number of hydrogen-bond donors (Lipinski definition) is 2. The van der Waals surface area contributed by atoms with Gasteiger partial charge in [0.2, 0.25) is 0 Å². The lowest BCUT2D eigenvalue weighted by Crippen LogP contribution is -2.24. The molecule has 2 aromatic carbocycles. The molecule has 1 aromatic heterocycles. The number of hydrogen-bond acceptors (Lipinski definition) is 3. The van der Waals surface area contributed by atoms with Crippen LogP contribution in [0.1, 0.15) is 32.0 Å². The number of anilines is 1. The monoisotopic (exact) mass is 381 g/mol. The number of nitrogens with one attached hydrogen (secondary N) is 2. The van der Waals surface area contributed by atoms with Gasteiger partial charge in [-0.25, -0.2) is 8.78 Å². The van der Waals surface area contributed by atoms with Crippen molar-refractivity contribution in [1.82, 2.24) is 10.3 Å². The van der Waals surface area contributed by atoms with Crippen LogP contribution in [0.25, 0.3) is 0 Å². The third kappa shape index (κ3) is 4.56. The molecule has 0 radical (unpaired) electrons. The van der Waals surface area contributed by atoms with Crippen LogP contribution in [0.5, 0.6) is 0 Å². The summed E-state index contributed by atoms with van der Waals surface area (Å²) in [6.07, 6.45) is 1.29. The number of halogens is 2. The average molecular weight is 381 g/mol. The number of aryl methyl sites for hydroxylation is 1. The molecule has 0 aliphatic rings. The molecule has 3 rings (SSSR count). The maximum atomic E-state index is 13.7. The fourth-order valence-electron chi connectivity index (χ4n) is 2.48. The lowest BCUT2D eigenvalue weighted by atomic mass is 10.1. The van der Waals surface area contributed by atoms with E-state index in [4.69, 9.17) is 0 Å². The van der Waals surface area contributed by atoms with E-state index in [9.17, 15) is 18.4 Å². The molecule has 2 N–H and O–H groups in total. The molecule has 1 heterocycles. The highest BCUT2D eigenvalue weighted by molar-refractivity contribution is 6.04. The van der Waals surface area contributed by atoms with E-state index >= 15 is 0 Å². The van der Waals surface area contributed by atoms with Gasteiger partial charge >= 0.3 is 0 Å². The normalized spacial score (nSPS) is 10.4. The Labute approximate surface area is 160 Å². The molecule has 0 unspecified atom stereocenters. The summed E-state index contributed by atoms with van der Waals surface area (Å²) in [5, 5.41) is 4.89. The molecule has 0 bridgehead atoms. The number of para-hydroxylation sites is 1. The minimum absolute atomic E-state index is 0.134. The number of amides is 2. The van der Waals surface area contributed by atoms with Crippen LogP contribution >= 0.6 is 0 Å². The van der Waals surface area contributed by atoms with Crippen LogP contribution in [0.2, 0.25) is 0 Å². The van der Waals surface area contributed by atoms with Crippen LogP contribution in [0.3, 0.4) is 0 Å². The van der Waals surface area contributed by atoms with Crippen molar-refractivity contribution in [1.29, 1.82) is 0 Å². The first-order valence-corrected chi connectivity index (χ1v) is 8.49. The smallest absolute Gasteiger partial charge is 0.274 e. The highest BCUT2D eigenvalue weighted by atomic mass is 19.1. The molecule has 0 aliphatic heterocycles. The van der Waals surface area contributed by atoms with E-state index in [0.29, 0.717) is 6.54 Å². The molecule has 2 amide bonds. The second-order valence-corrected chi connectivity index (χ2v) is 6.15. The maximum absolute atomic E-state index is 13.7. The number of rotatable bonds is 5. The van der Waals surface area contributed by atoms with Crippen molar-refractivity contribution in [3.63, 3.8) is 0 Å². The Bertz CT molecular complexity index is 1000. The second kappa shape index (κ2) is 8.39. The summed E-state index contributed by atoms with van der Waals surface area (Å²) in [6, 6.07) is 13.7. The minimum Gasteiger partial charge on any atom is -0.348 e. The number of aromatic nitrogens is 1. The van der Waals surface area contributed by atoms with E-state index in [-0.39, 0.29) is 11.3 Å². The van der Waals surface area contributed by atoms with Gasteiger partial charge < -0.3 is 10.6 Å². The highest BCUT2D eigenvalue weighted by Crippen LogP contribution is 2.18. The average Bonchev–Trinajstić information content (AvgIpc) is 2.70. The number of carbonyl (C=O) groups excluding carboxylic acids is 2. The molecule has 142 valence electrons. The fourth-order valence-corrected chi connectivity index (χ4v) is 2.48. The first kappa shape index (κ1) is 19.2. The lowest BCUT2D eigenvalue weighted by molar-refractivity contribution is 0.0950. The van der Waals surface area contributed by atoms with Crippen LogP contribution in [-0.4, -0.2) is 16.8 Å². The Hall–Kier alpha value is -3.61. The van der Waals surface area contributed by atoms with E-state index in [1.54, 1.807) is 0 Å². The van der Waals surface area contributed by atoms with E-state index in [0.717, 1.165) is 23.3 Å². The number of pyridine rings is 1. The number of nitrogens with zero attached hydrogens (tertiary/aromatic N) is 1. The molecule has 3 aromatic rings. The molecule has 0 saturated heterocycles. The summed E-state index contributed by atoms with van der Waals surface area (Å²) in [7, 11) is 0. The molecular formula is C21H17F2N3O2. The van der Waals surface area contributed by atoms with E-state index in [1.807, 2.05) is 31.2 Å². The van der Waals surface area contributed by atoms with E-state index < -0.39 is 29.1 Å². The molecule has 7 heteroatoms. The fraction of sp³-hybridized carbons (Fsp3) is 0.0952. The van der Waals surface area contributed by atoms with Crippen molar-refractivity contribution in [3.05, 3.63) is 94.8 Å². The summed E-state index contributed by atoms with van der Waals surface area (Å²) in [4.78, 5) is 28.5. The van der Waals surface area contributed by atoms with Crippen LogP contribution < -0.4 is 10.6 Å². The lowest BCUT2D eigenvalue weighted by Gasteiger charge is -2.09.